The number of nitrogens with zero attached hydrogens (tertiary/aromatic N) is 1. The molecule has 1 aliphatic rings. The maximum absolute atomic E-state index is 12.5. The van der Waals surface area contributed by atoms with Crippen LogP contribution in [0.25, 0.3) is 0 Å². The van der Waals surface area contributed by atoms with Crippen LogP contribution in [0.2, 0.25) is 0 Å². The maximum Gasteiger partial charge on any atom is 0.257 e. The number of hydrogen-bond acceptors (Lipinski definition) is 4. The maximum atomic E-state index is 12.5. The van der Waals surface area contributed by atoms with Crippen molar-refractivity contribution in [2.45, 2.75) is 37.6 Å². The number of thiocarbonyl (C=S) groups is 1. The van der Waals surface area contributed by atoms with Gasteiger partial charge in [0.2, 0.25) is 5.88 Å². The Labute approximate surface area is 123 Å². The molecule has 1 aliphatic carbocycles. The average Bonchev–Trinajstić information content (AvgIpc) is 2.48. The standard InChI is InChI=1S/C14H19N3O2S/c1-19-12-10(6-5-9-16-12)11(18)17-14(13(15)20)7-3-2-4-8-14/h5-6,9H,2-4,7-8H2,1H3,(H2,15,20)(H,17,18). The van der Waals surface area contributed by atoms with E-state index in [0.29, 0.717) is 16.4 Å². The number of rotatable bonds is 4. The molecule has 1 fully saturated rings. The molecule has 1 amide bonds. The number of pyridine rings is 1. The normalized spacial score (nSPS) is 17.2. The molecule has 0 radical (unpaired) electrons. The summed E-state index contributed by atoms with van der Waals surface area (Å²) in [5.41, 5.74) is 5.69. The third-order valence-electron chi connectivity index (χ3n) is 3.74. The third kappa shape index (κ3) is 2.90. The van der Waals surface area contributed by atoms with Gasteiger partial charge in [-0.1, -0.05) is 31.5 Å². The number of carbonyl (C=O) groups excluding carboxylic acids is 1. The van der Waals surface area contributed by atoms with Crippen LogP contribution in [0.15, 0.2) is 18.3 Å². The van der Waals surface area contributed by atoms with Crippen LogP contribution >= 0.6 is 12.2 Å². The van der Waals surface area contributed by atoms with E-state index in [4.69, 9.17) is 22.7 Å². The van der Waals surface area contributed by atoms with Crippen molar-refractivity contribution in [3.63, 3.8) is 0 Å². The molecule has 0 aliphatic heterocycles. The van der Waals surface area contributed by atoms with E-state index in [0.717, 1.165) is 32.1 Å². The zero-order chi connectivity index (χ0) is 14.6. The topological polar surface area (TPSA) is 77.2 Å². The number of carbonyl (C=O) groups is 1. The second kappa shape index (κ2) is 6.17. The molecule has 20 heavy (non-hydrogen) atoms. The van der Waals surface area contributed by atoms with E-state index in [1.54, 1.807) is 18.3 Å². The van der Waals surface area contributed by atoms with Crippen LogP contribution in [-0.2, 0) is 0 Å². The van der Waals surface area contributed by atoms with E-state index in [-0.39, 0.29) is 5.91 Å². The highest BCUT2D eigenvalue weighted by Gasteiger charge is 2.37. The quantitative estimate of drug-likeness (QED) is 0.828. The SMILES string of the molecule is COc1ncccc1C(=O)NC1(C(N)=S)CCCCC1. The lowest BCUT2D eigenvalue weighted by atomic mass is 9.81. The van der Waals surface area contributed by atoms with Gasteiger partial charge in [-0.15, -0.1) is 0 Å². The summed E-state index contributed by atoms with van der Waals surface area (Å²) in [5, 5.41) is 3.00. The first-order valence-electron chi connectivity index (χ1n) is 6.70. The van der Waals surface area contributed by atoms with Crippen molar-refractivity contribution in [2.75, 3.05) is 7.11 Å². The van der Waals surface area contributed by atoms with Crippen LogP contribution in [0.5, 0.6) is 5.88 Å². The van der Waals surface area contributed by atoms with Gasteiger partial charge in [0, 0.05) is 6.20 Å². The second-order valence-corrected chi connectivity index (χ2v) is 5.46. The lowest BCUT2D eigenvalue weighted by molar-refractivity contribution is 0.0904. The van der Waals surface area contributed by atoms with Crippen molar-refractivity contribution in [1.82, 2.24) is 10.3 Å². The van der Waals surface area contributed by atoms with E-state index >= 15 is 0 Å². The van der Waals surface area contributed by atoms with Gasteiger partial charge in [-0.2, -0.15) is 0 Å². The Morgan fingerprint density at radius 3 is 2.75 bits per heavy atom. The third-order valence-corrected chi connectivity index (χ3v) is 4.13. The van der Waals surface area contributed by atoms with E-state index in [9.17, 15) is 4.79 Å². The van der Waals surface area contributed by atoms with Gasteiger partial charge in [-0.3, -0.25) is 4.79 Å². The molecule has 0 unspecified atom stereocenters. The lowest BCUT2D eigenvalue weighted by Gasteiger charge is -2.37. The fourth-order valence-electron chi connectivity index (χ4n) is 2.60. The predicted molar refractivity (Wildman–Crippen MR) is 80.9 cm³/mol. The Balaban J connectivity index is 2.22. The van der Waals surface area contributed by atoms with E-state index in [2.05, 4.69) is 10.3 Å². The van der Waals surface area contributed by atoms with Crippen LogP contribution in [0.4, 0.5) is 0 Å². The first-order chi connectivity index (χ1) is 9.59. The van der Waals surface area contributed by atoms with Crippen LogP contribution in [0, 0.1) is 0 Å². The van der Waals surface area contributed by atoms with Gasteiger partial charge in [-0.25, -0.2) is 4.98 Å². The number of nitrogens with one attached hydrogen (secondary N) is 1. The summed E-state index contributed by atoms with van der Waals surface area (Å²) in [6, 6.07) is 3.38. The van der Waals surface area contributed by atoms with Gasteiger partial charge >= 0.3 is 0 Å². The number of aromatic nitrogens is 1. The highest BCUT2D eigenvalue weighted by Crippen LogP contribution is 2.29. The Bertz CT molecular complexity index is 513. The summed E-state index contributed by atoms with van der Waals surface area (Å²) in [6.45, 7) is 0. The number of ether oxygens (including phenoxy) is 1. The molecule has 1 saturated carbocycles. The summed E-state index contributed by atoms with van der Waals surface area (Å²) in [4.78, 5) is 16.8. The lowest BCUT2D eigenvalue weighted by Crippen LogP contribution is -2.57. The van der Waals surface area contributed by atoms with Crippen molar-refractivity contribution < 1.29 is 9.53 Å². The zero-order valence-corrected chi connectivity index (χ0v) is 12.3. The van der Waals surface area contributed by atoms with E-state index < -0.39 is 5.54 Å². The first-order valence-corrected chi connectivity index (χ1v) is 7.11. The molecule has 1 heterocycles. The molecule has 0 bridgehead atoms. The molecule has 0 atom stereocenters. The Morgan fingerprint density at radius 1 is 1.45 bits per heavy atom. The van der Waals surface area contributed by atoms with Crippen molar-refractivity contribution in [1.29, 1.82) is 0 Å². The fraction of sp³-hybridized carbons (Fsp3) is 0.500. The summed E-state index contributed by atoms with van der Waals surface area (Å²) in [5.74, 6) is 0.0588. The average molecular weight is 293 g/mol. The molecule has 1 aromatic heterocycles. The van der Waals surface area contributed by atoms with Gasteiger partial charge in [0.05, 0.1) is 17.6 Å². The minimum Gasteiger partial charge on any atom is -0.480 e. The molecular weight excluding hydrogens is 274 g/mol. The number of nitrogens with two attached hydrogens (primary N) is 1. The van der Waals surface area contributed by atoms with Crippen LogP contribution in [-0.4, -0.2) is 28.5 Å². The van der Waals surface area contributed by atoms with Crippen molar-refractivity contribution in [3.05, 3.63) is 23.9 Å². The summed E-state index contributed by atoms with van der Waals surface area (Å²) in [7, 11) is 1.49. The summed E-state index contributed by atoms with van der Waals surface area (Å²) < 4.78 is 5.11. The summed E-state index contributed by atoms with van der Waals surface area (Å²) in [6.07, 6.45) is 6.34. The summed E-state index contributed by atoms with van der Waals surface area (Å²) >= 11 is 5.17. The first kappa shape index (κ1) is 14.7. The molecule has 1 aromatic rings. The van der Waals surface area contributed by atoms with Gasteiger partial charge in [-0.05, 0) is 25.0 Å². The zero-order valence-electron chi connectivity index (χ0n) is 11.5. The van der Waals surface area contributed by atoms with Crippen molar-refractivity contribution >= 4 is 23.1 Å². The van der Waals surface area contributed by atoms with Gasteiger partial charge in [0.1, 0.15) is 5.56 Å². The predicted octanol–water partition coefficient (Wildman–Crippen LogP) is 1.81. The van der Waals surface area contributed by atoms with Gasteiger partial charge < -0.3 is 15.8 Å². The molecule has 2 rings (SSSR count). The Kier molecular flexibility index (Phi) is 4.54. The van der Waals surface area contributed by atoms with Gasteiger partial charge in [0.25, 0.3) is 5.91 Å². The number of methoxy groups -OCH3 is 1. The van der Waals surface area contributed by atoms with Crippen LogP contribution < -0.4 is 15.8 Å². The fourth-order valence-corrected chi connectivity index (χ4v) is 2.85. The second-order valence-electron chi connectivity index (χ2n) is 5.02. The van der Waals surface area contributed by atoms with Crippen molar-refractivity contribution in [3.8, 4) is 5.88 Å². The largest absolute Gasteiger partial charge is 0.480 e. The minimum absolute atomic E-state index is 0.246. The monoisotopic (exact) mass is 293 g/mol. The molecule has 5 nitrogen and oxygen atoms in total. The van der Waals surface area contributed by atoms with Gasteiger partial charge in [0.15, 0.2) is 0 Å². The number of amides is 1. The van der Waals surface area contributed by atoms with Crippen molar-refractivity contribution in [2.24, 2.45) is 5.73 Å². The van der Waals surface area contributed by atoms with Crippen LogP contribution in [0.3, 0.4) is 0 Å². The molecule has 6 heteroatoms. The van der Waals surface area contributed by atoms with E-state index in [1.807, 2.05) is 0 Å². The number of hydrogen-bond donors (Lipinski definition) is 2. The van der Waals surface area contributed by atoms with E-state index in [1.165, 1.54) is 7.11 Å². The smallest absolute Gasteiger partial charge is 0.257 e. The minimum atomic E-state index is -0.578. The highest BCUT2D eigenvalue weighted by molar-refractivity contribution is 7.80. The molecule has 0 aromatic carbocycles. The molecular formula is C14H19N3O2S. The van der Waals surface area contributed by atoms with Crippen LogP contribution in [0.1, 0.15) is 42.5 Å². The Morgan fingerprint density at radius 2 is 2.15 bits per heavy atom. The molecule has 0 spiro atoms. The Hall–Kier alpha value is -1.69. The molecule has 0 saturated heterocycles. The highest BCUT2D eigenvalue weighted by atomic mass is 32.1. The molecule has 108 valence electrons. The molecule has 3 N–H and O–H groups in total.